The Morgan fingerprint density at radius 3 is 2.75 bits per heavy atom. The van der Waals surface area contributed by atoms with E-state index < -0.39 is 11.2 Å². The monoisotopic (exact) mass is 294 g/mol. The van der Waals surface area contributed by atoms with Gasteiger partial charge >= 0.3 is 5.69 Å². The molecule has 0 aliphatic rings. The van der Waals surface area contributed by atoms with Crippen molar-refractivity contribution >= 4 is 11.6 Å². The summed E-state index contributed by atoms with van der Waals surface area (Å²) in [6.07, 6.45) is 1.28. The zero-order valence-electron chi connectivity index (χ0n) is 11.3. The highest BCUT2D eigenvalue weighted by molar-refractivity contribution is 6.30. The molecular weight excluding hydrogens is 280 g/mol. The Balaban J connectivity index is 2.70. The normalized spacial score (nSPS) is 10.6. The molecule has 106 valence electrons. The number of nitrogens with zero attached hydrogens (tertiary/aromatic N) is 1. The Hall–Kier alpha value is -2.01. The molecule has 1 N–H and O–H groups in total. The van der Waals surface area contributed by atoms with E-state index in [1.165, 1.54) is 7.11 Å². The second kappa shape index (κ2) is 5.96. The lowest BCUT2D eigenvalue weighted by Gasteiger charge is -2.09. The van der Waals surface area contributed by atoms with Gasteiger partial charge < -0.3 is 4.74 Å². The molecule has 0 aliphatic heterocycles. The smallest absolute Gasteiger partial charge is 0.334 e. The SMILES string of the molecule is CCCc1c(Cl)[nH]c(=O)n(-c2cccc(OC)c2)c1=O. The van der Waals surface area contributed by atoms with Crippen LogP contribution in [0, 0.1) is 0 Å². The molecule has 1 aromatic carbocycles. The molecule has 0 saturated carbocycles. The Kier molecular flexibility index (Phi) is 4.29. The van der Waals surface area contributed by atoms with Gasteiger partial charge in [-0.25, -0.2) is 9.36 Å². The third-order valence-electron chi connectivity index (χ3n) is 2.96. The third kappa shape index (κ3) is 2.63. The molecule has 0 atom stereocenters. The lowest BCUT2D eigenvalue weighted by molar-refractivity contribution is 0.414. The van der Waals surface area contributed by atoms with Gasteiger partial charge in [0.1, 0.15) is 10.9 Å². The van der Waals surface area contributed by atoms with Crippen molar-refractivity contribution in [3.63, 3.8) is 0 Å². The highest BCUT2D eigenvalue weighted by Crippen LogP contribution is 2.15. The molecule has 1 heterocycles. The fraction of sp³-hybridized carbons (Fsp3) is 0.286. The number of aromatic amines is 1. The molecule has 0 bridgehead atoms. The molecule has 6 heteroatoms. The zero-order valence-corrected chi connectivity index (χ0v) is 12.0. The van der Waals surface area contributed by atoms with Crippen molar-refractivity contribution in [3.05, 3.63) is 55.8 Å². The largest absolute Gasteiger partial charge is 0.497 e. The number of methoxy groups -OCH3 is 1. The van der Waals surface area contributed by atoms with Gasteiger partial charge in [0.15, 0.2) is 0 Å². The van der Waals surface area contributed by atoms with Crippen LogP contribution in [0.15, 0.2) is 33.9 Å². The van der Waals surface area contributed by atoms with E-state index >= 15 is 0 Å². The quantitative estimate of drug-likeness (QED) is 0.879. The first-order chi connectivity index (χ1) is 9.58. The minimum absolute atomic E-state index is 0.112. The highest BCUT2D eigenvalue weighted by atomic mass is 35.5. The van der Waals surface area contributed by atoms with E-state index in [9.17, 15) is 9.59 Å². The molecule has 20 heavy (non-hydrogen) atoms. The summed E-state index contributed by atoms with van der Waals surface area (Å²) in [5, 5.41) is 0.112. The van der Waals surface area contributed by atoms with E-state index in [4.69, 9.17) is 16.3 Å². The van der Waals surface area contributed by atoms with Crippen molar-refractivity contribution in [2.75, 3.05) is 7.11 Å². The average Bonchev–Trinajstić information content (AvgIpc) is 2.43. The van der Waals surface area contributed by atoms with Crippen LogP contribution in [-0.2, 0) is 6.42 Å². The van der Waals surface area contributed by atoms with Crippen molar-refractivity contribution in [1.82, 2.24) is 9.55 Å². The molecule has 0 spiro atoms. The first-order valence-electron chi connectivity index (χ1n) is 6.26. The standard InChI is InChI=1S/C14H15ClN2O3/c1-3-5-11-12(15)16-14(19)17(13(11)18)9-6-4-7-10(8-9)20-2/h4,6-8H,3,5H2,1-2H3,(H,16,19). The van der Waals surface area contributed by atoms with E-state index in [0.29, 0.717) is 23.4 Å². The number of hydrogen-bond acceptors (Lipinski definition) is 3. The fourth-order valence-electron chi connectivity index (χ4n) is 2.00. The van der Waals surface area contributed by atoms with Crippen LogP contribution in [0.3, 0.4) is 0 Å². The molecular formula is C14H15ClN2O3. The number of benzene rings is 1. The van der Waals surface area contributed by atoms with Crippen molar-refractivity contribution in [3.8, 4) is 11.4 Å². The molecule has 5 nitrogen and oxygen atoms in total. The van der Waals surface area contributed by atoms with Gasteiger partial charge in [0.25, 0.3) is 5.56 Å². The lowest BCUT2D eigenvalue weighted by atomic mass is 10.2. The van der Waals surface area contributed by atoms with Gasteiger partial charge in [-0.15, -0.1) is 0 Å². The van der Waals surface area contributed by atoms with Gasteiger partial charge in [0, 0.05) is 6.07 Å². The molecule has 0 aliphatic carbocycles. The molecule has 2 aromatic rings. The summed E-state index contributed by atoms with van der Waals surface area (Å²) in [5.41, 5.74) is -0.0943. The van der Waals surface area contributed by atoms with E-state index in [2.05, 4.69) is 4.98 Å². The summed E-state index contributed by atoms with van der Waals surface area (Å²) < 4.78 is 6.17. The summed E-state index contributed by atoms with van der Waals surface area (Å²) in [4.78, 5) is 26.9. The second-order valence-corrected chi connectivity index (χ2v) is 4.69. The summed E-state index contributed by atoms with van der Waals surface area (Å²) in [7, 11) is 1.52. The number of ether oxygens (including phenoxy) is 1. The number of H-pyrrole nitrogens is 1. The van der Waals surface area contributed by atoms with Crippen LogP contribution >= 0.6 is 11.6 Å². The maximum Gasteiger partial charge on any atom is 0.334 e. The van der Waals surface area contributed by atoms with Crippen LogP contribution in [0.5, 0.6) is 5.75 Å². The van der Waals surface area contributed by atoms with Crippen LogP contribution in [-0.4, -0.2) is 16.7 Å². The summed E-state index contributed by atoms with van der Waals surface area (Å²) >= 11 is 5.94. The van der Waals surface area contributed by atoms with Gasteiger partial charge in [0.05, 0.1) is 18.4 Å². The summed E-state index contributed by atoms with van der Waals surface area (Å²) in [5.74, 6) is 0.570. The number of halogens is 1. The molecule has 0 unspecified atom stereocenters. The highest BCUT2D eigenvalue weighted by Gasteiger charge is 2.13. The van der Waals surface area contributed by atoms with Gasteiger partial charge in [-0.05, 0) is 18.6 Å². The lowest BCUT2D eigenvalue weighted by Crippen LogP contribution is -2.36. The van der Waals surface area contributed by atoms with Crippen LogP contribution < -0.4 is 16.0 Å². The minimum Gasteiger partial charge on any atom is -0.497 e. The topological polar surface area (TPSA) is 64.1 Å². The summed E-state index contributed by atoms with van der Waals surface area (Å²) in [6, 6.07) is 6.75. The zero-order chi connectivity index (χ0) is 14.7. The van der Waals surface area contributed by atoms with Gasteiger partial charge in [-0.2, -0.15) is 0 Å². The van der Waals surface area contributed by atoms with Gasteiger partial charge in [-0.3, -0.25) is 9.78 Å². The Labute approximate surface area is 120 Å². The van der Waals surface area contributed by atoms with E-state index in [1.807, 2.05) is 6.92 Å². The van der Waals surface area contributed by atoms with Crippen molar-refractivity contribution in [2.45, 2.75) is 19.8 Å². The summed E-state index contributed by atoms with van der Waals surface area (Å²) in [6.45, 7) is 1.94. The van der Waals surface area contributed by atoms with Crippen LogP contribution in [0.2, 0.25) is 5.15 Å². The molecule has 0 radical (unpaired) electrons. The third-order valence-corrected chi connectivity index (χ3v) is 3.28. The molecule has 0 saturated heterocycles. The Morgan fingerprint density at radius 2 is 2.10 bits per heavy atom. The maximum atomic E-state index is 12.4. The van der Waals surface area contributed by atoms with Crippen LogP contribution in [0.25, 0.3) is 5.69 Å². The average molecular weight is 295 g/mol. The predicted octanol–water partition coefficient (Wildman–Crippen LogP) is 2.14. The van der Waals surface area contributed by atoms with Crippen LogP contribution in [0.1, 0.15) is 18.9 Å². The number of aromatic nitrogens is 2. The molecule has 2 rings (SSSR count). The Morgan fingerprint density at radius 1 is 1.35 bits per heavy atom. The molecule has 0 amide bonds. The molecule has 1 aromatic heterocycles. The first-order valence-corrected chi connectivity index (χ1v) is 6.64. The van der Waals surface area contributed by atoms with Gasteiger partial charge in [-0.1, -0.05) is 31.0 Å². The van der Waals surface area contributed by atoms with E-state index in [-0.39, 0.29) is 5.15 Å². The van der Waals surface area contributed by atoms with Crippen molar-refractivity contribution in [1.29, 1.82) is 0 Å². The number of rotatable bonds is 4. The van der Waals surface area contributed by atoms with Crippen LogP contribution in [0.4, 0.5) is 0 Å². The van der Waals surface area contributed by atoms with Crippen molar-refractivity contribution < 1.29 is 4.74 Å². The Bertz CT molecular complexity index is 734. The fourth-order valence-corrected chi connectivity index (χ4v) is 2.25. The number of hydrogen-bond donors (Lipinski definition) is 1. The van der Waals surface area contributed by atoms with Crippen molar-refractivity contribution in [2.24, 2.45) is 0 Å². The van der Waals surface area contributed by atoms with E-state index in [0.717, 1.165) is 11.0 Å². The maximum absolute atomic E-state index is 12.4. The first kappa shape index (κ1) is 14.4. The number of nitrogens with one attached hydrogen (secondary N) is 1. The molecule has 0 fully saturated rings. The van der Waals surface area contributed by atoms with E-state index in [1.54, 1.807) is 24.3 Å². The van der Waals surface area contributed by atoms with Gasteiger partial charge in [0.2, 0.25) is 0 Å². The predicted molar refractivity (Wildman–Crippen MR) is 78.2 cm³/mol. The second-order valence-electron chi connectivity index (χ2n) is 4.31. The minimum atomic E-state index is -0.562.